The molecule has 28 heavy (non-hydrogen) atoms. The van der Waals surface area contributed by atoms with Crippen molar-refractivity contribution >= 4 is 17.3 Å². The van der Waals surface area contributed by atoms with Crippen LogP contribution in [0.25, 0.3) is 0 Å². The van der Waals surface area contributed by atoms with Crippen LogP contribution >= 0.6 is 11.3 Å². The highest BCUT2D eigenvalue weighted by molar-refractivity contribution is 7.07. The largest absolute Gasteiger partial charge is 0.381 e. The maximum absolute atomic E-state index is 6.05. The van der Waals surface area contributed by atoms with Crippen LogP contribution in [0.1, 0.15) is 36.5 Å². The second kappa shape index (κ2) is 11.2. The van der Waals surface area contributed by atoms with Gasteiger partial charge in [0.2, 0.25) is 0 Å². The number of aliphatic imine (C=N–C) groups is 1. The number of hydrogen-bond acceptors (Lipinski definition) is 4. The molecule has 0 aliphatic carbocycles. The van der Waals surface area contributed by atoms with Crippen LogP contribution in [0.2, 0.25) is 0 Å². The molecule has 1 aliphatic rings. The molecule has 0 bridgehead atoms. The van der Waals surface area contributed by atoms with E-state index in [4.69, 9.17) is 14.5 Å². The minimum Gasteiger partial charge on any atom is -0.381 e. The monoisotopic (exact) mass is 401 g/mol. The number of thiophene rings is 1. The minimum atomic E-state index is 0.321. The Morgan fingerprint density at radius 3 is 2.82 bits per heavy atom. The second-order valence-corrected chi connectivity index (χ2v) is 7.88. The smallest absolute Gasteiger partial charge is 0.194 e. The summed E-state index contributed by atoms with van der Waals surface area (Å²) in [5, 5.41) is 7.69. The third kappa shape index (κ3) is 6.62. The van der Waals surface area contributed by atoms with E-state index < -0.39 is 0 Å². The molecule has 0 amide bonds. The molecule has 0 unspecified atom stereocenters. The number of rotatable bonds is 8. The van der Waals surface area contributed by atoms with Crippen molar-refractivity contribution in [2.45, 2.75) is 45.6 Å². The van der Waals surface area contributed by atoms with Gasteiger partial charge in [-0.15, -0.1) is 0 Å². The molecule has 0 saturated carbocycles. The molecule has 152 valence electrons. The van der Waals surface area contributed by atoms with Gasteiger partial charge in [-0.3, -0.25) is 0 Å². The number of nitrogens with zero attached hydrogens (tertiary/aromatic N) is 2. The normalized spacial score (nSPS) is 15.6. The van der Waals surface area contributed by atoms with E-state index in [0.717, 1.165) is 45.1 Å². The van der Waals surface area contributed by atoms with Gasteiger partial charge in [0.05, 0.1) is 19.3 Å². The molecule has 1 N–H and O–H groups in total. The summed E-state index contributed by atoms with van der Waals surface area (Å²) in [5.41, 5.74) is 3.72. The molecule has 1 aliphatic heterocycles. The zero-order valence-electron chi connectivity index (χ0n) is 16.9. The Balaban J connectivity index is 1.57. The molecule has 1 aromatic heterocycles. The van der Waals surface area contributed by atoms with Gasteiger partial charge in [0.1, 0.15) is 0 Å². The van der Waals surface area contributed by atoms with Crippen molar-refractivity contribution in [3.63, 3.8) is 0 Å². The summed E-state index contributed by atoms with van der Waals surface area (Å²) in [6.07, 6.45) is 2.31. The summed E-state index contributed by atoms with van der Waals surface area (Å²) < 4.78 is 11.4. The Morgan fingerprint density at radius 1 is 1.25 bits per heavy atom. The standard InChI is InChI=1S/C22H31N3O2S/c1-3-23-22(25(2)15-20-9-12-28-17-20)24-14-18-5-4-6-19(13-18)16-27-21-7-10-26-11-8-21/h4-6,9,12-13,17,21H,3,7-8,10-11,14-16H2,1-2H3,(H,23,24). The van der Waals surface area contributed by atoms with Crippen LogP contribution in [0.5, 0.6) is 0 Å². The number of ether oxygens (including phenoxy) is 2. The molecule has 5 nitrogen and oxygen atoms in total. The third-order valence-electron chi connectivity index (χ3n) is 4.75. The van der Waals surface area contributed by atoms with Gasteiger partial charge >= 0.3 is 0 Å². The summed E-state index contributed by atoms with van der Waals surface area (Å²) in [6, 6.07) is 10.7. The Hall–Kier alpha value is -1.89. The average molecular weight is 402 g/mol. The van der Waals surface area contributed by atoms with Crippen LogP contribution < -0.4 is 5.32 Å². The quantitative estimate of drug-likeness (QED) is 0.536. The van der Waals surface area contributed by atoms with Crippen LogP contribution in [0.4, 0.5) is 0 Å². The lowest BCUT2D eigenvalue weighted by Gasteiger charge is -2.22. The van der Waals surface area contributed by atoms with Gasteiger partial charge in [-0.25, -0.2) is 4.99 Å². The Morgan fingerprint density at radius 2 is 2.07 bits per heavy atom. The third-order valence-corrected chi connectivity index (χ3v) is 5.49. The maximum atomic E-state index is 6.05. The first-order valence-corrected chi connectivity index (χ1v) is 11.0. The molecule has 1 fully saturated rings. The maximum Gasteiger partial charge on any atom is 0.194 e. The van der Waals surface area contributed by atoms with Crippen LogP contribution in [0.3, 0.4) is 0 Å². The van der Waals surface area contributed by atoms with E-state index in [2.05, 4.69) is 65.3 Å². The summed E-state index contributed by atoms with van der Waals surface area (Å²) in [7, 11) is 2.08. The van der Waals surface area contributed by atoms with Gasteiger partial charge in [0.15, 0.2) is 5.96 Å². The fourth-order valence-electron chi connectivity index (χ4n) is 3.24. The fourth-order valence-corrected chi connectivity index (χ4v) is 3.90. The van der Waals surface area contributed by atoms with Gasteiger partial charge < -0.3 is 19.7 Å². The summed E-state index contributed by atoms with van der Waals surface area (Å²) in [6.45, 7) is 6.74. The highest BCUT2D eigenvalue weighted by Crippen LogP contribution is 2.15. The number of guanidine groups is 1. The van der Waals surface area contributed by atoms with Crippen molar-refractivity contribution in [2.75, 3.05) is 26.8 Å². The van der Waals surface area contributed by atoms with Crippen LogP contribution in [0, 0.1) is 0 Å². The van der Waals surface area contributed by atoms with E-state index in [1.165, 1.54) is 16.7 Å². The first-order valence-electron chi connectivity index (χ1n) is 10.0. The van der Waals surface area contributed by atoms with Gasteiger partial charge in [0.25, 0.3) is 0 Å². The molecule has 0 spiro atoms. The van der Waals surface area contributed by atoms with E-state index in [9.17, 15) is 0 Å². The van der Waals surface area contributed by atoms with E-state index in [1.54, 1.807) is 11.3 Å². The van der Waals surface area contributed by atoms with Crippen LogP contribution in [-0.2, 0) is 29.2 Å². The van der Waals surface area contributed by atoms with Crippen molar-refractivity contribution in [3.05, 3.63) is 57.8 Å². The highest BCUT2D eigenvalue weighted by Gasteiger charge is 2.14. The first kappa shape index (κ1) is 20.8. The zero-order chi connectivity index (χ0) is 19.6. The average Bonchev–Trinajstić information content (AvgIpc) is 3.23. The van der Waals surface area contributed by atoms with Crippen LogP contribution in [-0.4, -0.2) is 43.8 Å². The number of hydrogen-bond donors (Lipinski definition) is 1. The number of nitrogens with one attached hydrogen (secondary N) is 1. The summed E-state index contributed by atoms with van der Waals surface area (Å²) in [4.78, 5) is 7.00. The molecule has 2 aromatic rings. The molecule has 1 aromatic carbocycles. The topological polar surface area (TPSA) is 46.1 Å². The molecular weight excluding hydrogens is 370 g/mol. The van der Waals surface area contributed by atoms with Crippen molar-refractivity contribution in [1.29, 1.82) is 0 Å². The molecule has 0 atom stereocenters. The summed E-state index contributed by atoms with van der Waals surface area (Å²) >= 11 is 1.73. The van der Waals surface area contributed by atoms with E-state index >= 15 is 0 Å². The fraction of sp³-hybridized carbons (Fsp3) is 0.500. The Kier molecular flexibility index (Phi) is 8.33. The molecule has 0 radical (unpaired) electrons. The molecule has 3 rings (SSSR count). The predicted octanol–water partition coefficient (Wildman–Crippen LogP) is 4.04. The minimum absolute atomic E-state index is 0.321. The molecule has 2 heterocycles. The summed E-state index contributed by atoms with van der Waals surface area (Å²) in [5.74, 6) is 0.928. The lowest BCUT2D eigenvalue weighted by atomic mass is 10.1. The Labute approximate surface area is 172 Å². The van der Waals surface area contributed by atoms with E-state index in [1.807, 2.05) is 0 Å². The van der Waals surface area contributed by atoms with Gasteiger partial charge in [-0.2, -0.15) is 11.3 Å². The van der Waals surface area contributed by atoms with Gasteiger partial charge in [-0.1, -0.05) is 24.3 Å². The number of benzene rings is 1. The van der Waals surface area contributed by atoms with Crippen molar-refractivity contribution in [1.82, 2.24) is 10.2 Å². The van der Waals surface area contributed by atoms with Crippen molar-refractivity contribution in [2.24, 2.45) is 4.99 Å². The van der Waals surface area contributed by atoms with Crippen molar-refractivity contribution in [3.8, 4) is 0 Å². The SMILES string of the molecule is CCNC(=NCc1cccc(COC2CCOCC2)c1)N(C)Cc1ccsc1. The Bertz CT molecular complexity index is 727. The molecule has 6 heteroatoms. The molecule has 1 saturated heterocycles. The predicted molar refractivity (Wildman–Crippen MR) is 116 cm³/mol. The first-order chi connectivity index (χ1) is 13.7. The van der Waals surface area contributed by atoms with E-state index in [-0.39, 0.29) is 0 Å². The lowest BCUT2D eigenvalue weighted by Crippen LogP contribution is -2.38. The second-order valence-electron chi connectivity index (χ2n) is 7.10. The molecular formula is C22H31N3O2S. The van der Waals surface area contributed by atoms with Gasteiger partial charge in [0, 0.05) is 33.4 Å². The zero-order valence-corrected chi connectivity index (χ0v) is 17.7. The van der Waals surface area contributed by atoms with Crippen LogP contribution in [0.15, 0.2) is 46.1 Å². The van der Waals surface area contributed by atoms with E-state index in [0.29, 0.717) is 19.3 Å². The lowest BCUT2D eigenvalue weighted by molar-refractivity contribution is -0.0390. The highest BCUT2D eigenvalue weighted by atomic mass is 32.1. The van der Waals surface area contributed by atoms with Crippen molar-refractivity contribution < 1.29 is 9.47 Å². The van der Waals surface area contributed by atoms with Gasteiger partial charge in [-0.05, 0) is 53.3 Å².